The number of guanidine groups is 1. The molecule has 0 saturated carbocycles. The highest BCUT2D eigenvalue weighted by Crippen LogP contribution is 2.38. The first-order chi connectivity index (χ1) is 9.81. The van der Waals surface area contributed by atoms with Crippen LogP contribution in [0, 0.1) is 5.41 Å². The summed E-state index contributed by atoms with van der Waals surface area (Å²) in [5, 5.41) is 6.66. The van der Waals surface area contributed by atoms with Crippen LogP contribution in [-0.2, 0) is 11.2 Å². The topological polar surface area (TPSA) is 49.8 Å². The molecule has 110 valence electrons. The van der Waals surface area contributed by atoms with Gasteiger partial charge in [-0.3, -0.25) is 4.99 Å². The predicted molar refractivity (Wildman–Crippen MR) is 81.2 cm³/mol. The van der Waals surface area contributed by atoms with Crippen molar-refractivity contribution in [2.24, 2.45) is 10.4 Å². The Kier molecular flexibility index (Phi) is 4.21. The smallest absolute Gasteiger partial charge is 0.193 e. The van der Waals surface area contributed by atoms with Crippen molar-refractivity contribution in [1.82, 2.24) is 15.2 Å². The molecule has 0 bridgehead atoms. The minimum atomic E-state index is 0.382. The van der Waals surface area contributed by atoms with Gasteiger partial charge in [-0.25, -0.2) is 4.98 Å². The second kappa shape index (κ2) is 6.10. The van der Waals surface area contributed by atoms with Gasteiger partial charge in [0.15, 0.2) is 5.96 Å². The molecular weight excluding hydrogens is 272 g/mol. The first-order valence-corrected chi connectivity index (χ1v) is 8.11. The van der Waals surface area contributed by atoms with Gasteiger partial charge >= 0.3 is 0 Å². The molecule has 1 aromatic heterocycles. The van der Waals surface area contributed by atoms with Crippen molar-refractivity contribution < 1.29 is 4.74 Å². The Labute approximate surface area is 124 Å². The Hall–Kier alpha value is -1.14. The third kappa shape index (κ3) is 2.96. The van der Waals surface area contributed by atoms with Crippen molar-refractivity contribution in [2.45, 2.75) is 19.3 Å². The van der Waals surface area contributed by atoms with Crippen molar-refractivity contribution in [3.8, 4) is 0 Å². The maximum Gasteiger partial charge on any atom is 0.193 e. The van der Waals surface area contributed by atoms with Gasteiger partial charge in [-0.15, -0.1) is 11.3 Å². The number of hydrogen-bond donors (Lipinski definition) is 1. The van der Waals surface area contributed by atoms with Gasteiger partial charge in [0.2, 0.25) is 0 Å². The summed E-state index contributed by atoms with van der Waals surface area (Å²) in [6, 6.07) is 0. The highest BCUT2D eigenvalue weighted by molar-refractivity contribution is 7.09. The van der Waals surface area contributed by atoms with Gasteiger partial charge in [0.25, 0.3) is 0 Å². The van der Waals surface area contributed by atoms with E-state index in [1.165, 1.54) is 17.8 Å². The van der Waals surface area contributed by atoms with Crippen LogP contribution in [0.25, 0.3) is 0 Å². The Morgan fingerprint density at radius 3 is 3.25 bits per heavy atom. The highest BCUT2D eigenvalue weighted by Gasteiger charge is 2.42. The normalized spacial score (nSPS) is 26.6. The lowest BCUT2D eigenvalue weighted by Gasteiger charge is -2.24. The zero-order valence-electron chi connectivity index (χ0n) is 12.0. The molecule has 1 atom stereocenters. The van der Waals surface area contributed by atoms with Crippen molar-refractivity contribution in [2.75, 3.05) is 39.9 Å². The summed E-state index contributed by atoms with van der Waals surface area (Å²) < 4.78 is 5.58. The van der Waals surface area contributed by atoms with Gasteiger partial charge in [0.1, 0.15) is 0 Å². The van der Waals surface area contributed by atoms with E-state index in [4.69, 9.17) is 4.74 Å². The number of aliphatic imine (C=N–C) groups is 1. The molecule has 1 spiro atoms. The lowest BCUT2D eigenvalue weighted by Crippen LogP contribution is -2.42. The number of nitrogens with one attached hydrogen (secondary N) is 1. The summed E-state index contributed by atoms with van der Waals surface area (Å²) in [5.41, 5.74) is 0.382. The average Bonchev–Trinajstić information content (AvgIpc) is 3.19. The molecule has 6 heteroatoms. The van der Waals surface area contributed by atoms with Crippen LogP contribution in [0.15, 0.2) is 16.6 Å². The van der Waals surface area contributed by atoms with Gasteiger partial charge in [-0.05, 0) is 12.8 Å². The van der Waals surface area contributed by atoms with Gasteiger partial charge in [0.05, 0.1) is 11.6 Å². The molecule has 3 rings (SSSR count). The molecular formula is C14H22N4OS. The third-order valence-electron chi connectivity index (χ3n) is 4.24. The first kappa shape index (κ1) is 13.8. The van der Waals surface area contributed by atoms with Crippen molar-refractivity contribution in [3.63, 3.8) is 0 Å². The van der Waals surface area contributed by atoms with Crippen molar-refractivity contribution in [3.05, 3.63) is 16.6 Å². The fraction of sp³-hybridized carbons (Fsp3) is 0.714. The van der Waals surface area contributed by atoms with E-state index in [0.29, 0.717) is 5.41 Å². The number of hydrogen-bond acceptors (Lipinski definition) is 4. The molecule has 1 aromatic rings. The molecule has 0 amide bonds. The summed E-state index contributed by atoms with van der Waals surface area (Å²) in [4.78, 5) is 11.1. The van der Waals surface area contributed by atoms with E-state index >= 15 is 0 Å². The van der Waals surface area contributed by atoms with Crippen molar-refractivity contribution in [1.29, 1.82) is 0 Å². The van der Waals surface area contributed by atoms with Crippen LogP contribution in [0.2, 0.25) is 0 Å². The lowest BCUT2D eigenvalue weighted by molar-refractivity contribution is 0.156. The first-order valence-electron chi connectivity index (χ1n) is 7.23. The van der Waals surface area contributed by atoms with E-state index < -0.39 is 0 Å². The third-order valence-corrected chi connectivity index (χ3v) is 5.08. The standard InChI is InChI=1S/C14H22N4OS/c1-15-13(17-5-2-12-16-6-9-20-12)18-7-3-14(10-18)4-8-19-11-14/h6,9H,2-5,7-8,10-11H2,1H3,(H,15,17). The van der Waals surface area contributed by atoms with E-state index in [9.17, 15) is 0 Å². The largest absolute Gasteiger partial charge is 0.381 e. The SMILES string of the molecule is CN=C(NCCc1nccs1)N1CCC2(CCOC2)C1. The second-order valence-corrected chi connectivity index (χ2v) is 6.60. The average molecular weight is 294 g/mol. The molecule has 0 aromatic carbocycles. The number of nitrogens with zero attached hydrogens (tertiary/aromatic N) is 3. The summed E-state index contributed by atoms with van der Waals surface area (Å²) in [6.07, 6.45) is 5.23. The lowest BCUT2D eigenvalue weighted by atomic mass is 9.87. The molecule has 2 fully saturated rings. The van der Waals surface area contributed by atoms with Crippen LogP contribution >= 0.6 is 11.3 Å². The van der Waals surface area contributed by atoms with Crippen LogP contribution in [-0.4, -0.2) is 55.7 Å². The molecule has 1 unspecified atom stereocenters. The van der Waals surface area contributed by atoms with Gasteiger partial charge in [-0.1, -0.05) is 0 Å². The summed E-state index contributed by atoms with van der Waals surface area (Å²) in [5.74, 6) is 1.02. The Morgan fingerprint density at radius 1 is 1.60 bits per heavy atom. The number of thiazole rings is 1. The van der Waals surface area contributed by atoms with Gasteiger partial charge in [0, 0.05) is 56.7 Å². The molecule has 2 saturated heterocycles. The van der Waals surface area contributed by atoms with Gasteiger partial charge < -0.3 is 15.0 Å². The van der Waals surface area contributed by atoms with Crippen LogP contribution in [0.4, 0.5) is 0 Å². The fourth-order valence-electron chi connectivity index (χ4n) is 3.08. The van der Waals surface area contributed by atoms with Gasteiger partial charge in [-0.2, -0.15) is 0 Å². The molecule has 0 radical (unpaired) electrons. The molecule has 2 aliphatic rings. The van der Waals surface area contributed by atoms with E-state index in [0.717, 1.165) is 45.2 Å². The molecule has 2 aliphatic heterocycles. The Bertz CT molecular complexity index is 454. The van der Waals surface area contributed by atoms with Crippen LogP contribution < -0.4 is 5.32 Å². The minimum Gasteiger partial charge on any atom is -0.381 e. The second-order valence-electron chi connectivity index (χ2n) is 5.62. The van der Waals surface area contributed by atoms with Crippen molar-refractivity contribution >= 4 is 17.3 Å². The Morgan fingerprint density at radius 2 is 2.55 bits per heavy atom. The van der Waals surface area contributed by atoms with Crippen LogP contribution in [0.5, 0.6) is 0 Å². The molecule has 0 aliphatic carbocycles. The number of rotatable bonds is 3. The quantitative estimate of drug-likeness (QED) is 0.676. The van der Waals surface area contributed by atoms with E-state index in [-0.39, 0.29) is 0 Å². The summed E-state index contributed by atoms with van der Waals surface area (Å²) in [7, 11) is 1.86. The zero-order chi connectivity index (χ0) is 13.8. The predicted octanol–water partition coefficient (Wildman–Crippen LogP) is 1.37. The number of likely N-dealkylation sites (tertiary alicyclic amines) is 1. The van der Waals surface area contributed by atoms with Crippen LogP contribution in [0.3, 0.4) is 0 Å². The maximum atomic E-state index is 5.58. The highest BCUT2D eigenvalue weighted by atomic mass is 32.1. The van der Waals surface area contributed by atoms with E-state index in [2.05, 4.69) is 20.2 Å². The molecule has 3 heterocycles. The minimum absolute atomic E-state index is 0.382. The number of aromatic nitrogens is 1. The van der Waals surface area contributed by atoms with E-state index in [1.54, 1.807) is 11.3 Å². The van der Waals surface area contributed by atoms with Crippen LogP contribution in [0.1, 0.15) is 17.8 Å². The number of ether oxygens (including phenoxy) is 1. The molecule has 20 heavy (non-hydrogen) atoms. The summed E-state index contributed by atoms with van der Waals surface area (Å²) in [6.45, 7) is 4.88. The summed E-state index contributed by atoms with van der Waals surface area (Å²) >= 11 is 1.71. The monoisotopic (exact) mass is 294 g/mol. The fourth-order valence-corrected chi connectivity index (χ4v) is 3.70. The molecule has 5 nitrogen and oxygen atoms in total. The zero-order valence-corrected chi connectivity index (χ0v) is 12.8. The Balaban J connectivity index is 1.50. The maximum absolute atomic E-state index is 5.58. The molecule has 1 N–H and O–H groups in total. The van der Waals surface area contributed by atoms with E-state index in [1.807, 2.05) is 18.6 Å².